The molecule has 0 spiro atoms. The Morgan fingerprint density at radius 3 is 2.33 bits per heavy atom. The van der Waals surface area contributed by atoms with Crippen LogP contribution in [0.4, 0.5) is 4.39 Å². The maximum Gasteiger partial charge on any atom is 0.293 e. The van der Waals surface area contributed by atoms with Crippen molar-refractivity contribution in [2.75, 3.05) is 6.61 Å². The van der Waals surface area contributed by atoms with Gasteiger partial charge in [-0.25, -0.2) is 4.39 Å². The fourth-order valence-corrected chi connectivity index (χ4v) is 2.06. The van der Waals surface area contributed by atoms with Crippen LogP contribution >= 0.6 is 11.8 Å². The Balaban J connectivity index is 0.000000494. The number of rotatable bonds is 3. The van der Waals surface area contributed by atoms with Crippen molar-refractivity contribution in [3.8, 4) is 0 Å². The molecule has 0 aliphatic rings. The third-order valence-electron chi connectivity index (χ3n) is 1.80. The van der Waals surface area contributed by atoms with Crippen LogP contribution in [0, 0.1) is 12.7 Å². The summed E-state index contributed by atoms with van der Waals surface area (Å²) in [6.07, 6.45) is 0. The molecule has 2 nitrogen and oxygen atoms in total. The Morgan fingerprint density at radius 2 is 2.00 bits per heavy atom. The Bertz CT molecular complexity index is 373. The average molecular weight is 272 g/mol. The molecule has 0 atom stereocenters. The number of carbonyl (C=O) groups is 1. The standard InChI is InChI=1S/C11H15FS.C3H6O2/c1-8-5-6-9(7-10(8)12)13-11(2,3)4;1-2-5-3-4/h5-7H,1-4H3;3H,2H2,1H3. The van der Waals surface area contributed by atoms with Gasteiger partial charge in [0, 0.05) is 9.64 Å². The van der Waals surface area contributed by atoms with Crippen molar-refractivity contribution in [3.63, 3.8) is 0 Å². The highest BCUT2D eigenvalue weighted by Crippen LogP contribution is 2.32. The van der Waals surface area contributed by atoms with Crippen molar-refractivity contribution in [1.82, 2.24) is 0 Å². The summed E-state index contributed by atoms with van der Waals surface area (Å²) >= 11 is 1.68. The molecule has 0 fully saturated rings. The first kappa shape index (κ1) is 17.0. The summed E-state index contributed by atoms with van der Waals surface area (Å²) in [6.45, 7) is 10.8. The number of hydrogen-bond acceptors (Lipinski definition) is 3. The molecule has 1 rings (SSSR count). The molecule has 102 valence electrons. The summed E-state index contributed by atoms with van der Waals surface area (Å²) in [7, 11) is 0. The number of aryl methyl sites for hydroxylation is 1. The first-order valence-electron chi connectivity index (χ1n) is 5.80. The van der Waals surface area contributed by atoms with Gasteiger partial charge in [0.2, 0.25) is 0 Å². The van der Waals surface area contributed by atoms with E-state index in [1.54, 1.807) is 31.7 Å². The highest BCUT2D eigenvalue weighted by molar-refractivity contribution is 8.00. The molecule has 0 saturated carbocycles. The van der Waals surface area contributed by atoms with Gasteiger partial charge in [-0.2, -0.15) is 0 Å². The second-order valence-corrected chi connectivity index (χ2v) is 6.58. The van der Waals surface area contributed by atoms with Crippen LogP contribution < -0.4 is 0 Å². The van der Waals surface area contributed by atoms with E-state index in [2.05, 4.69) is 25.5 Å². The molecule has 0 saturated heterocycles. The molecule has 0 radical (unpaired) electrons. The van der Waals surface area contributed by atoms with E-state index in [0.29, 0.717) is 18.6 Å². The van der Waals surface area contributed by atoms with Crippen molar-refractivity contribution in [3.05, 3.63) is 29.6 Å². The number of ether oxygens (including phenoxy) is 1. The summed E-state index contributed by atoms with van der Waals surface area (Å²) in [5.41, 5.74) is 0.707. The molecule has 0 bridgehead atoms. The second-order valence-electron chi connectivity index (χ2n) is 4.68. The Labute approximate surface area is 113 Å². The minimum Gasteiger partial charge on any atom is -0.468 e. The number of thioether (sulfide) groups is 1. The van der Waals surface area contributed by atoms with Crippen LogP contribution in [0.3, 0.4) is 0 Å². The molecule has 0 N–H and O–H groups in total. The van der Waals surface area contributed by atoms with Crippen molar-refractivity contribution >= 4 is 18.2 Å². The van der Waals surface area contributed by atoms with Gasteiger partial charge < -0.3 is 4.74 Å². The minimum absolute atomic E-state index is 0.116. The monoisotopic (exact) mass is 272 g/mol. The van der Waals surface area contributed by atoms with Crippen LogP contribution in [-0.4, -0.2) is 17.8 Å². The van der Waals surface area contributed by atoms with Crippen LogP contribution in [0.25, 0.3) is 0 Å². The zero-order valence-electron chi connectivity index (χ0n) is 11.6. The fraction of sp³-hybridized carbons (Fsp3) is 0.500. The maximum absolute atomic E-state index is 13.1. The molecule has 0 aliphatic heterocycles. The predicted octanol–water partition coefficient (Wildman–Crippen LogP) is 4.20. The lowest BCUT2D eigenvalue weighted by molar-refractivity contribution is -0.128. The quantitative estimate of drug-likeness (QED) is 0.609. The Morgan fingerprint density at radius 1 is 1.39 bits per heavy atom. The predicted molar refractivity (Wildman–Crippen MR) is 74.4 cm³/mol. The van der Waals surface area contributed by atoms with Crippen LogP contribution in [-0.2, 0) is 9.53 Å². The normalized spacial score (nSPS) is 10.3. The Kier molecular flexibility index (Phi) is 7.67. The lowest BCUT2D eigenvalue weighted by atomic mass is 10.2. The molecular formula is C14H21FO2S. The van der Waals surface area contributed by atoms with Crippen LogP contribution in [0.2, 0.25) is 0 Å². The fourth-order valence-electron chi connectivity index (χ4n) is 1.06. The first-order valence-corrected chi connectivity index (χ1v) is 6.62. The molecule has 0 unspecified atom stereocenters. The largest absolute Gasteiger partial charge is 0.468 e. The summed E-state index contributed by atoms with van der Waals surface area (Å²) < 4.78 is 17.4. The lowest BCUT2D eigenvalue weighted by Gasteiger charge is -2.17. The molecule has 1 aromatic rings. The maximum atomic E-state index is 13.1. The molecule has 18 heavy (non-hydrogen) atoms. The zero-order chi connectivity index (χ0) is 14.2. The van der Waals surface area contributed by atoms with E-state index in [-0.39, 0.29) is 10.6 Å². The molecule has 0 aliphatic carbocycles. The lowest BCUT2D eigenvalue weighted by Crippen LogP contribution is -2.06. The third kappa shape index (κ3) is 8.12. The van der Waals surface area contributed by atoms with Gasteiger partial charge in [0.25, 0.3) is 6.47 Å². The van der Waals surface area contributed by atoms with E-state index in [1.807, 2.05) is 12.1 Å². The first-order chi connectivity index (χ1) is 8.30. The van der Waals surface area contributed by atoms with Crippen molar-refractivity contribution in [2.45, 2.75) is 44.3 Å². The highest BCUT2D eigenvalue weighted by Gasteiger charge is 2.12. The van der Waals surface area contributed by atoms with E-state index in [0.717, 1.165) is 4.90 Å². The third-order valence-corrected chi connectivity index (χ3v) is 2.90. The van der Waals surface area contributed by atoms with Crippen LogP contribution in [0.5, 0.6) is 0 Å². The molecule has 1 aromatic carbocycles. The highest BCUT2D eigenvalue weighted by atomic mass is 32.2. The number of halogens is 1. The van der Waals surface area contributed by atoms with Crippen LogP contribution in [0.15, 0.2) is 23.1 Å². The average Bonchev–Trinajstić information content (AvgIpc) is 2.23. The van der Waals surface area contributed by atoms with Gasteiger partial charge in [0.15, 0.2) is 0 Å². The van der Waals surface area contributed by atoms with Crippen molar-refractivity contribution in [1.29, 1.82) is 0 Å². The van der Waals surface area contributed by atoms with E-state index in [4.69, 9.17) is 0 Å². The van der Waals surface area contributed by atoms with E-state index in [9.17, 15) is 9.18 Å². The molecule has 0 heterocycles. The topological polar surface area (TPSA) is 26.3 Å². The van der Waals surface area contributed by atoms with Gasteiger partial charge in [-0.05, 0) is 31.5 Å². The molecule has 0 amide bonds. The second kappa shape index (κ2) is 8.14. The van der Waals surface area contributed by atoms with Gasteiger partial charge in [0.05, 0.1) is 6.61 Å². The van der Waals surface area contributed by atoms with Crippen molar-refractivity contribution in [2.24, 2.45) is 0 Å². The minimum atomic E-state index is -0.116. The van der Waals surface area contributed by atoms with Gasteiger partial charge in [-0.15, -0.1) is 11.8 Å². The van der Waals surface area contributed by atoms with Crippen LogP contribution in [0.1, 0.15) is 33.3 Å². The summed E-state index contributed by atoms with van der Waals surface area (Å²) in [4.78, 5) is 10.2. The summed E-state index contributed by atoms with van der Waals surface area (Å²) in [6, 6.07) is 5.39. The van der Waals surface area contributed by atoms with Gasteiger partial charge in [0.1, 0.15) is 5.82 Å². The Hall–Kier alpha value is -1.03. The van der Waals surface area contributed by atoms with E-state index < -0.39 is 0 Å². The smallest absolute Gasteiger partial charge is 0.293 e. The van der Waals surface area contributed by atoms with Gasteiger partial charge in [-0.3, -0.25) is 4.79 Å². The molecular weight excluding hydrogens is 251 g/mol. The molecule has 4 heteroatoms. The van der Waals surface area contributed by atoms with Gasteiger partial charge >= 0.3 is 0 Å². The summed E-state index contributed by atoms with van der Waals surface area (Å²) in [5, 5.41) is 0. The van der Waals surface area contributed by atoms with Crippen molar-refractivity contribution < 1.29 is 13.9 Å². The van der Waals surface area contributed by atoms with E-state index >= 15 is 0 Å². The van der Waals surface area contributed by atoms with Gasteiger partial charge in [-0.1, -0.05) is 26.8 Å². The number of hydrogen-bond donors (Lipinski definition) is 0. The molecule has 0 aromatic heterocycles. The SMILES string of the molecule is CCOC=O.Cc1ccc(SC(C)(C)C)cc1F. The summed E-state index contributed by atoms with van der Waals surface area (Å²) in [5.74, 6) is -0.116. The zero-order valence-corrected chi connectivity index (χ0v) is 12.4. The van der Waals surface area contributed by atoms with E-state index in [1.165, 1.54) is 0 Å². The number of benzene rings is 1. The number of carbonyl (C=O) groups excluding carboxylic acids is 1.